The van der Waals surface area contributed by atoms with Crippen LogP contribution in [0.3, 0.4) is 0 Å². The minimum atomic E-state index is -3.57. The molecule has 0 aliphatic rings. The molecular weight excluding hydrogens is 252 g/mol. The molecule has 0 aliphatic heterocycles. The molecule has 0 heterocycles. The molecule has 0 saturated carbocycles. The average molecular weight is 263 g/mol. The highest BCUT2D eigenvalue weighted by Gasteiger charge is 2.09. The summed E-state index contributed by atoms with van der Waals surface area (Å²) in [5.74, 6) is -0.0551. The van der Waals surface area contributed by atoms with Gasteiger partial charge in [-0.3, -0.25) is 4.79 Å². The van der Waals surface area contributed by atoms with Crippen LogP contribution in [-0.2, 0) is 9.05 Å². The van der Waals surface area contributed by atoms with Gasteiger partial charge in [-0.25, -0.2) is 8.42 Å². The van der Waals surface area contributed by atoms with Crippen molar-refractivity contribution in [2.24, 2.45) is 0 Å². The first-order valence-corrected chi connectivity index (χ1v) is 7.03. The summed E-state index contributed by atoms with van der Waals surface area (Å²) in [7, 11) is 1.46. The van der Waals surface area contributed by atoms with Gasteiger partial charge in [0.05, 0.1) is 11.3 Å². The first kappa shape index (κ1) is 13.0. The van der Waals surface area contributed by atoms with E-state index in [4.69, 9.17) is 15.4 Å². The van der Waals surface area contributed by atoms with Gasteiger partial charge < -0.3 is 4.74 Å². The fourth-order valence-corrected chi connectivity index (χ4v) is 1.61. The lowest BCUT2D eigenvalue weighted by Gasteiger charge is -2.08. The SMILES string of the molecule is CC(=O)c1ccccc1OCCS(=O)(=O)Cl. The van der Waals surface area contributed by atoms with Crippen molar-refractivity contribution in [2.75, 3.05) is 12.4 Å². The zero-order valence-electron chi connectivity index (χ0n) is 8.64. The largest absolute Gasteiger partial charge is 0.492 e. The van der Waals surface area contributed by atoms with Crippen molar-refractivity contribution in [3.05, 3.63) is 29.8 Å². The van der Waals surface area contributed by atoms with Crippen LogP contribution in [0.4, 0.5) is 0 Å². The molecule has 0 N–H and O–H groups in total. The first-order chi connectivity index (χ1) is 7.40. The number of Topliss-reactive ketones (excluding diaryl/α,β-unsaturated/α-hetero) is 1. The Morgan fingerprint density at radius 2 is 2.00 bits per heavy atom. The number of carbonyl (C=O) groups is 1. The molecule has 1 aromatic carbocycles. The zero-order valence-corrected chi connectivity index (χ0v) is 10.2. The molecule has 0 bridgehead atoms. The van der Waals surface area contributed by atoms with Crippen LogP contribution < -0.4 is 4.74 Å². The molecule has 4 nitrogen and oxygen atoms in total. The zero-order chi connectivity index (χ0) is 12.2. The first-order valence-electron chi connectivity index (χ1n) is 4.55. The predicted molar refractivity (Wildman–Crippen MR) is 61.6 cm³/mol. The van der Waals surface area contributed by atoms with Crippen LogP contribution in [0.15, 0.2) is 24.3 Å². The molecular formula is C10H11ClO4S. The highest BCUT2D eigenvalue weighted by atomic mass is 35.7. The van der Waals surface area contributed by atoms with E-state index in [1.54, 1.807) is 24.3 Å². The number of benzene rings is 1. The van der Waals surface area contributed by atoms with E-state index in [0.29, 0.717) is 11.3 Å². The van der Waals surface area contributed by atoms with Crippen LogP contribution in [0.25, 0.3) is 0 Å². The number of ketones is 1. The summed E-state index contributed by atoms with van der Waals surface area (Å²) in [5, 5.41) is 0. The van der Waals surface area contributed by atoms with Gasteiger partial charge in [0, 0.05) is 10.7 Å². The summed E-state index contributed by atoms with van der Waals surface area (Å²) in [4.78, 5) is 11.2. The van der Waals surface area contributed by atoms with E-state index >= 15 is 0 Å². The van der Waals surface area contributed by atoms with Crippen LogP contribution in [0.5, 0.6) is 5.75 Å². The van der Waals surface area contributed by atoms with Crippen LogP contribution in [-0.4, -0.2) is 26.6 Å². The third-order valence-electron chi connectivity index (χ3n) is 1.85. The maximum absolute atomic E-state index is 11.2. The molecule has 0 saturated heterocycles. The Kier molecular flexibility index (Phi) is 4.32. The van der Waals surface area contributed by atoms with Gasteiger partial charge in [0.2, 0.25) is 9.05 Å². The molecule has 0 fully saturated rings. The normalized spacial score (nSPS) is 11.1. The van der Waals surface area contributed by atoms with E-state index in [9.17, 15) is 13.2 Å². The van der Waals surface area contributed by atoms with Crippen molar-refractivity contribution in [2.45, 2.75) is 6.92 Å². The average Bonchev–Trinajstić information content (AvgIpc) is 2.16. The van der Waals surface area contributed by atoms with Crippen molar-refractivity contribution in [1.82, 2.24) is 0 Å². The van der Waals surface area contributed by atoms with Crippen molar-refractivity contribution in [3.8, 4) is 5.75 Å². The van der Waals surface area contributed by atoms with Crippen molar-refractivity contribution in [3.63, 3.8) is 0 Å². The van der Waals surface area contributed by atoms with Crippen LogP contribution in [0.1, 0.15) is 17.3 Å². The summed E-state index contributed by atoms with van der Waals surface area (Å²) >= 11 is 0. The lowest BCUT2D eigenvalue weighted by Crippen LogP contribution is -2.10. The summed E-state index contributed by atoms with van der Waals surface area (Å²) < 4.78 is 26.5. The number of ether oxygens (including phenoxy) is 1. The van der Waals surface area contributed by atoms with E-state index in [1.165, 1.54) is 6.92 Å². The molecule has 0 spiro atoms. The van der Waals surface area contributed by atoms with Gasteiger partial charge in [-0.1, -0.05) is 12.1 Å². The molecule has 0 radical (unpaired) electrons. The van der Waals surface area contributed by atoms with Crippen molar-refractivity contribution >= 4 is 25.5 Å². The van der Waals surface area contributed by atoms with Gasteiger partial charge in [-0.15, -0.1) is 0 Å². The molecule has 0 atom stereocenters. The Morgan fingerprint density at radius 3 is 2.56 bits per heavy atom. The predicted octanol–water partition coefficient (Wildman–Crippen LogP) is 1.84. The van der Waals surface area contributed by atoms with E-state index < -0.39 is 9.05 Å². The smallest absolute Gasteiger partial charge is 0.235 e. The van der Waals surface area contributed by atoms with Gasteiger partial charge in [0.15, 0.2) is 5.78 Å². The van der Waals surface area contributed by atoms with Crippen LogP contribution >= 0.6 is 10.7 Å². The highest BCUT2D eigenvalue weighted by Crippen LogP contribution is 2.18. The number of rotatable bonds is 5. The summed E-state index contributed by atoms with van der Waals surface area (Å²) in [6, 6.07) is 6.64. The van der Waals surface area contributed by atoms with Gasteiger partial charge in [-0.05, 0) is 19.1 Å². The second kappa shape index (κ2) is 5.32. The van der Waals surface area contributed by atoms with Gasteiger partial charge in [0.1, 0.15) is 12.4 Å². The van der Waals surface area contributed by atoms with Crippen molar-refractivity contribution < 1.29 is 17.9 Å². The van der Waals surface area contributed by atoms with Gasteiger partial charge in [-0.2, -0.15) is 0 Å². The van der Waals surface area contributed by atoms with Crippen LogP contribution in [0, 0.1) is 0 Å². The summed E-state index contributed by atoms with van der Waals surface area (Å²) in [6.07, 6.45) is 0. The van der Waals surface area contributed by atoms with E-state index in [2.05, 4.69) is 0 Å². The van der Waals surface area contributed by atoms with E-state index in [-0.39, 0.29) is 18.1 Å². The number of hydrogen-bond donors (Lipinski definition) is 0. The Balaban J connectivity index is 2.71. The topological polar surface area (TPSA) is 60.4 Å². The molecule has 88 valence electrons. The minimum Gasteiger partial charge on any atom is -0.492 e. The van der Waals surface area contributed by atoms with Gasteiger partial charge >= 0.3 is 0 Å². The molecule has 0 aliphatic carbocycles. The minimum absolute atomic E-state index is 0.0733. The Hall–Kier alpha value is -1.07. The Bertz CT molecular complexity index is 481. The molecule has 16 heavy (non-hydrogen) atoms. The van der Waals surface area contributed by atoms with Gasteiger partial charge in [0.25, 0.3) is 0 Å². The Labute approximate surface area is 98.6 Å². The molecule has 1 rings (SSSR count). The monoisotopic (exact) mass is 262 g/mol. The molecule has 1 aromatic rings. The summed E-state index contributed by atoms with van der Waals surface area (Å²) in [6.45, 7) is 1.34. The molecule has 0 unspecified atom stereocenters. The highest BCUT2D eigenvalue weighted by molar-refractivity contribution is 8.13. The number of para-hydroxylation sites is 1. The maximum Gasteiger partial charge on any atom is 0.235 e. The summed E-state index contributed by atoms with van der Waals surface area (Å²) in [5.41, 5.74) is 0.425. The third kappa shape index (κ3) is 4.20. The van der Waals surface area contributed by atoms with Crippen molar-refractivity contribution in [1.29, 1.82) is 0 Å². The number of hydrogen-bond acceptors (Lipinski definition) is 4. The fourth-order valence-electron chi connectivity index (χ4n) is 1.13. The molecule has 0 aromatic heterocycles. The van der Waals surface area contributed by atoms with Crippen LogP contribution in [0.2, 0.25) is 0 Å². The standard InChI is InChI=1S/C10H11ClO4S/c1-8(12)9-4-2-3-5-10(9)15-6-7-16(11,13)14/h2-5H,6-7H2,1H3. The van der Waals surface area contributed by atoms with E-state index in [1.807, 2.05) is 0 Å². The fraction of sp³-hybridized carbons (Fsp3) is 0.300. The maximum atomic E-state index is 11.2. The van der Waals surface area contributed by atoms with E-state index in [0.717, 1.165) is 0 Å². The second-order valence-electron chi connectivity index (χ2n) is 3.14. The second-order valence-corrected chi connectivity index (χ2v) is 6.04. The quantitative estimate of drug-likeness (QED) is 0.600. The Morgan fingerprint density at radius 1 is 1.38 bits per heavy atom. The third-order valence-corrected chi connectivity index (χ3v) is 2.97. The lowest BCUT2D eigenvalue weighted by molar-refractivity contribution is 0.101. The molecule has 6 heteroatoms. The molecule has 0 amide bonds. The number of halogens is 1. The lowest BCUT2D eigenvalue weighted by atomic mass is 10.1. The number of carbonyl (C=O) groups excluding carboxylic acids is 1.